The van der Waals surface area contributed by atoms with E-state index >= 15 is 0 Å². The van der Waals surface area contributed by atoms with E-state index in [0.29, 0.717) is 18.6 Å². The molecular formula is C23H36N2O2. The van der Waals surface area contributed by atoms with Gasteiger partial charge < -0.3 is 5.11 Å². The molecule has 0 heterocycles. The summed E-state index contributed by atoms with van der Waals surface area (Å²) in [4.78, 5) is 7.96. The Morgan fingerprint density at radius 2 is 1.81 bits per heavy atom. The van der Waals surface area contributed by atoms with E-state index in [9.17, 15) is 5.11 Å². The largest absolute Gasteiger partial charge is 0.389 e. The van der Waals surface area contributed by atoms with Crippen LogP contribution in [0.5, 0.6) is 0 Å². The molecule has 1 aliphatic rings. The quantitative estimate of drug-likeness (QED) is 0.625. The summed E-state index contributed by atoms with van der Waals surface area (Å²) in [6.07, 6.45) is 8.38. The lowest BCUT2D eigenvalue weighted by Crippen LogP contribution is -2.43. The van der Waals surface area contributed by atoms with Gasteiger partial charge in [-0.2, -0.15) is 0 Å². The molecule has 0 aromatic heterocycles. The van der Waals surface area contributed by atoms with Crippen LogP contribution < -0.4 is 5.48 Å². The maximum Gasteiger partial charge on any atom is 0.102 e. The van der Waals surface area contributed by atoms with Gasteiger partial charge in [0.15, 0.2) is 0 Å². The second-order valence-corrected chi connectivity index (χ2v) is 7.90. The Morgan fingerprint density at radius 1 is 1.11 bits per heavy atom. The first kappa shape index (κ1) is 21.7. The van der Waals surface area contributed by atoms with E-state index < -0.39 is 6.10 Å². The molecule has 1 atom stereocenters. The van der Waals surface area contributed by atoms with E-state index in [1.54, 1.807) is 0 Å². The minimum Gasteiger partial charge on any atom is -0.389 e. The van der Waals surface area contributed by atoms with E-state index in [-0.39, 0.29) is 6.61 Å². The highest BCUT2D eigenvalue weighted by Crippen LogP contribution is 2.24. The Kier molecular flexibility index (Phi) is 9.05. The summed E-state index contributed by atoms with van der Waals surface area (Å²) >= 11 is 0. The van der Waals surface area contributed by atoms with Crippen molar-refractivity contribution in [2.45, 2.75) is 71.6 Å². The SMILES string of the molecule is CC(C)N(C[C@H](O)CONC1=CCCCCC1=Cc1ccccc1)C(C)C. The van der Waals surface area contributed by atoms with Crippen molar-refractivity contribution in [1.29, 1.82) is 0 Å². The molecule has 1 aromatic rings. The van der Waals surface area contributed by atoms with Gasteiger partial charge in [0, 0.05) is 18.6 Å². The van der Waals surface area contributed by atoms with Crippen molar-refractivity contribution in [3.8, 4) is 0 Å². The molecule has 4 heteroatoms. The van der Waals surface area contributed by atoms with Gasteiger partial charge in [0.25, 0.3) is 0 Å². The molecule has 0 amide bonds. The van der Waals surface area contributed by atoms with Crippen LogP contribution >= 0.6 is 0 Å². The second-order valence-electron chi connectivity index (χ2n) is 7.90. The van der Waals surface area contributed by atoms with Crippen LogP contribution in [0, 0.1) is 0 Å². The second kappa shape index (κ2) is 11.3. The molecule has 2 N–H and O–H groups in total. The molecule has 0 aliphatic heterocycles. The topological polar surface area (TPSA) is 44.7 Å². The van der Waals surface area contributed by atoms with Gasteiger partial charge >= 0.3 is 0 Å². The van der Waals surface area contributed by atoms with Crippen LogP contribution in [0.2, 0.25) is 0 Å². The van der Waals surface area contributed by atoms with Gasteiger partial charge in [-0.15, -0.1) is 0 Å². The number of allylic oxidation sites excluding steroid dienone is 2. The van der Waals surface area contributed by atoms with Crippen molar-refractivity contribution in [1.82, 2.24) is 10.4 Å². The first-order valence-electron chi connectivity index (χ1n) is 10.2. The minimum atomic E-state index is -0.518. The van der Waals surface area contributed by atoms with Crippen LogP contribution in [0.1, 0.15) is 58.9 Å². The van der Waals surface area contributed by atoms with Crippen molar-refractivity contribution in [3.05, 3.63) is 53.2 Å². The fourth-order valence-electron chi connectivity index (χ4n) is 3.51. The fraction of sp³-hybridized carbons (Fsp3) is 0.565. The standard InChI is InChI=1S/C23H36N2O2/c1-18(2)25(19(3)4)16-22(26)17-27-24-23-14-10-6-9-13-21(23)15-20-11-7-5-8-12-20/h5,7-8,11-12,14-15,18-19,22,24,26H,6,9-10,13,16-17H2,1-4H3/t22-/m0/s1. The third-order valence-corrected chi connectivity index (χ3v) is 4.94. The number of hydroxylamine groups is 1. The molecular weight excluding hydrogens is 336 g/mol. The Labute approximate surface area is 164 Å². The number of aliphatic hydroxyl groups excluding tert-OH is 1. The monoisotopic (exact) mass is 372 g/mol. The van der Waals surface area contributed by atoms with Crippen LogP contribution in [0.15, 0.2) is 47.7 Å². The average molecular weight is 373 g/mol. The third kappa shape index (κ3) is 7.49. The number of rotatable bonds is 9. The van der Waals surface area contributed by atoms with Crippen molar-refractivity contribution in [3.63, 3.8) is 0 Å². The minimum absolute atomic E-state index is 0.270. The van der Waals surface area contributed by atoms with Crippen LogP contribution in [-0.4, -0.2) is 41.3 Å². The summed E-state index contributed by atoms with van der Waals surface area (Å²) in [5.41, 5.74) is 6.61. The maximum absolute atomic E-state index is 10.4. The van der Waals surface area contributed by atoms with Crippen molar-refractivity contribution in [2.24, 2.45) is 0 Å². The maximum atomic E-state index is 10.4. The Bertz CT molecular complexity index is 600. The van der Waals surface area contributed by atoms with Crippen LogP contribution in [0.4, 0.5) is 0 Å². The highest BCUT2D eigenvalue weighted by Gasteiger charge is 2.18. The molecule has 0 saturated heterocycles. The number of aliphatic hydroxyl groups is 1. The van der Waals surface area contributed by atoms with Crippen LogP contribution in [0.25, 0.3) is 6.08 Å². The van der Waals surface area contributed by atoms with Crippen LogP contribution in [-0.2, 0) is 4.84 Å². The predicted molar refractivity (Wildman–Crippen MR) is 113 cm³/mol. The molecule has 2 rings (SSSR count). The van der Waals surface area contributed by atoms with Crippen molar-refractivity contribution in [2.75, 3.05) is 13.2 Å². The molecule has 0 fully saturated rings. The molecule has 0 saturated carbocycles. The number of hydrogen-bond donors (Lipinski definition) is 2. The molecule has 0 unspecified atom stereocenters. The molecule has 150 valence electrons. The highest BCUT2D eigenvalue weighted by atomic mass is 16.6. The van der Waals surface area contributed by atoms with E-state index in [1.165, 1.54) is 24.0 Å². The van der Waals surface area contributed by atoms with Gasteiger partial charge in [0.1, 0.15) is 6.61 Å². The Morgan fingerprint density at radius 3 is 2.48 bits per heavy atom. The van der Waals surface area contributed by atoms with Gasteiger partial charge in [-0.1, -0.05) is 36.4 Å². The average Bonchev–Trinajstić information content (AvgIpc) is 2.85. The molecule has 27 heavy (non-hydrogen) atoms. The Hall–Kier alpha value is -1.62. The van der Waals surface area contributed by atoms with E-state index in [2.05, 4.69) is 74.5 Å². The summed E-state index contributed by atoms with van der Waals surface area (Å²) in [7, 11) is 0. The summed E-state index contributed by atoms with van der Waals surface area (Å²) < 4.78 is 0. The predicted octanol–water partition coefficient (Wildman–Crippen LogP) is 4.53. The molecule has 0 radical (unpaired) electrons. The molecule has 1 aliphatic carbocycles. The van der Waals surface area contributed by atoms with Crippen LogP contribution in [0.3, 0.4) is 0 Å². The van der Waals surface area contributed by atoms with E-state index in [0.717, 1.165) is 18.5 Å². The summed E-state index contributed by atoms with van der Waals surface area (Å²) in [5.74, 6) is 0. The molecule has 1 aromatic carbocycles. The lowest BCUT2D eigenvalue weighted by molar-refractivity contribution is -0.0256. The van der Waals surface area contributed by atoms with E-state index in [4.69, 9.17) is 4.84 Å². The number of benzene rings is 1. The first-order valence-corrected chi connectivity index (χ1v) is 10.2. The summed E-state index contributed by atoms with van der Waals surface area (Å²) in [5, 5.41) is 10.4. The summed E-state index contributed by atoms with van der Waals surface area (Å²) in [6, 6.07) is 11.2. The van der Waals surface area contributed by atoms with Gasteiger partial charge in [0.05, 0.1) is 11.8 Å². The third-order valence-electron chi connectivity index (χ3n) is 4.94. The van der Waals surface area contributed by atoms with Gasteiger partial charge in [-0.05, 0) is 70.6 Å². The normalized spacial score (nSPS) is 18.1. The van der Waals surface area contributed by atoms with E-state index in [1.807, 2.05) is 6.07 Å². The lowest BCUT2D eigenvalue weighted by atomic mass is 10.0. The zero-order chi connectivity index (χ0) is 19.6. The number of nitrogens with one attached hydrogen (secondary N) is 1. The number of hydrogen-bond acceptors (Lipinski definition) is 4. The molecule has 4 nitrogen and oxygen atoms in total. The Balaban J connectivity index is 1.92. The van der Waals surface area contributed by atoms with Gasteiger partial charge in [-0.3, -0.25) is 15.2 Å². The highest BCUT2D eigenvalue weighted by molar-refractivity contribution is 5.58. The van der Waals surface area contributed by atoms with Crippen molar-refractivity contribution < 1.29 is 9.94 Å². The first-order chi connectivity index (χ1) is 13.0. The number of nitrogens with zero attached hydrogens (tertiary/aromatic N) is 1. The smallest absolute Gasteiger partial charge is 0.102 e. The molecule has 0 spiro atoms. The summed E-state index contributed by atoms with van der Waals surface area (Å²) in [6.45, 7) is 9.51. The fourth-order valence-corrected chi connectivity index (χ4v) is 3.51. The zero-order valence-electron chi connectivity index (χ0n) is 17.3. The molecule has 0 bridgehead atoms. The zero-order valence-corrected chi connectivity index (χ0v) is 17.3. The van der Waals surface area contributed by atoms with Crippen molar-refractivity contribution >= 4 is 6.08 Å². The lowest BCUT2D eigenvalue weighted by Gasteiger charge is -2.32. The van der Waals surface area contributed by atoms with Gasteiger partial charge in [0.2, 0.25) is 0 Å². The van der Waals surface area contributed by atoms with Gasteiger partial charge in [-0.25, -0.2) is 0 Å².